The van der Waals surface area contributed by atoms with Crippen molar-refractivity contribution in [3.05, 3.63) is 0 Å². The molecule has 0 aromatic rings. The normalized spacial score (nSPS) is 31.2. The summed E-state index contributed by atoms with van der Waals surface area (Å²) >= 11 is 0. The standard InChI is InChI=1S/C9H17NO3/c1-6(9(11)12)13-8-5-3-2-4-7(8)10/h6-8H,2-5,10H2,1H3,(H,11,12)/t6?,7-,8-/m1/s1. The zero-order valence-electron chi connectivity index (χ0n) is 7.90. The Morgan fingerprint density at radius 1 is 1.54 bits per heavy atom. The van der Waals surface area contributed by atoms with Crippen LogP contribution in [0.3, 0.4) is 0 Å². The predicted molar refractivity (Wildman–Crippen MR) is 48.4 cm³/mol. The summed E-state index contributed by atoms with van der Waals surface area (Å²) in [7, 11) is 0. The van der Waals surface area contributed by atoms with E-state index in [1.165, 1.54) is 0 Å². The molecule has 3 N–H and O–H groups in total. The maximum atomic E-state index is 10.5. The Morgan fingerprint density at radius 3 is 2.69 bits per heavy atom. The van der Waals surface area contributed by atoms with E-state index in [1.54, 1.807) is 6.92 Å². The first-order valence-corrected chi connectivity index (χ1v) is 4.75. The molecule has 1 aliphatic rings. The van der Waals surface area contributed by atoms with Crippen molar-refractivity contribution in [2.45, 2.75) is 50.9 Å². The van der Waals surface area contributed by atoms with E-state index in [1.807, 2.05) is 0 Å². The molecule has 0 bridgehead atoms. The Balaban J connectivity index is 2.37. The van der Waals surface area contributed by atoms with Gasteiger partial charge in [-0.15, -0.1) is 0 Å². The molecule has 0 aromatic heterocycles. The number of carboxylic acid groups (broad SMARTS) is 1. The highest BCUT2D eigenvalue weighted by Gasteiger charge is 2.26. The molecule has 0 saturated heterocycles. The highest BCUT2D eigenvalue weighted by molar-refractivity contribution is 5.71. The van der Waals surface area contributed by atoms with Crippen LogP contribution in [0.4, 0.5) is 0 Å². The minimum Gasteiger partial charge on any atom is -0.479 e. The summed E-state index contributed by atoms with van der Waals surface area (Å²) in [5.41, 5.74) is 5.81. The van der Waals surface area contributed by atoms with Crippen molar-refractivity contribution < 1.29 is 14.6 Å². The highest BCUT2D eigenvalue weighted by atomic mass is 16.5. The van der Waals surface area contributed by atoms with Gasteiger partial charge in [-0.25, -0.2) is 4.79 Å². The molecule has 4 nitrogen and oxygen atoms in total. The molecule has 0 aromatic carbocycles. The molecular weight excluding hydrogens is 170 g/mol. The first-order chi connectivity index (χ1) is 6.11. The second-order valence-electron chi connectivity index (χ2n) is 3.60. The van der Waals surface area contributed by atoms with Gasteiger partial charge in [0.1, 0.15) is 0 Å². The summed E-state index contributed by atoms with van der Waals surface area (Å²) in [6, 6.07) is 0.00977. The fourth-order valence-electron chi connectivity index (χ4n) is 1.61. The van der Waals surface area contributed by atoms with Crippen LogP contribution < -0.4 is 5.73 Å². The predicted octanol–water partition coefficient (Wildman–Crippen LogP) is 0.746. The molecule has 1 unspecified atom stereocenters. The van der Waals surface area contributed by atoms with Gasteiger partial charge in [-0.2, -0.15) is 0 Å². The molecule has 0 aliphatic heterocycles. The van der Waals surface area contributed by atoms with Crippen LogP contribution in [0.1, 0.15) is 32.6 Å². The Bertz CT molecular complexity index is 184. The summed E-state index contributed by atoms with van der Waals surface area (Å²) < 4.78 is 5.34. The first-order valence-electron chi connectivity index (χ1n) is 4.75. The van der Waals surface area contributed by atoms with E-state index in [4.69, 9.17) is 15.6 Å². The summed E-state index contributed by atoms with van der Waals surface area (Å²) in [5, 5.41) is 8.63. The molecule has 1 saturated carbocycles. The maximum Gasteiger partial charge on any atom is 0.332 e. The molecule has 1 aliphatic carbocycles. The van der Waals surface area contributed by atoms with Crippen molar-refractivity contribution in [2.75, 3.05) is 0 Å². The van der Waals surface area contributed by atoms with Gasteiger partial charge >= 0.3 is 5.97 Å². The number of rotatable bonds is 3. The molecule has 4 heteroatoms. The average molecular weight is 187 g/mol. The quantitative estimate of drug-likeness (QED) is 0.683. The lowest BCUT2D eigenvalue weighted by Gasteiger charge is -2.29. The van der Waals surface area contributed by atoms with Gasteiger partial charge in [0, 0.05) is 6.04 Å². The van der Waals surface area contributed by atoms with E-state index in [0.29, 0.717) is 0 Å². The summed E-state index contributed by atoms with van der Waals surface area (Å²) in [6.07, 6.45) is 3.23. The third-order valence-corrected chi connectivity index (χ3v) is 2.48. The van der Waals surface area contributed by atoms with Gasteiger partial charge in [0.05, 0.1) is 6.10 Å². The Morgan fingerprint density at radius 2 is 2.15 bits per heavy atom. The van der Waals surface area contributed by atoms with Gasteiger partial charge in [-0.05, 0) is 19.8 Å². The fraction of sp³-hybridized carbons (Fsp3) is 0.889. The minimum atomic E-state index is -0.919. The topological polar surface area (TPSA) is 72.5 Å². The second-order valence-corrected chi connectivity index (χ2v) is 3.60. The highest BCUT2D eigenvalue weighted by Crippen LogP contribution is 2.20. The maximum absolute atomic E-state index is 10.5. The SMILES string of the molecule is CC(O[C@@H]1CCCC[C@H]1N)C(=O)O. The van der Waals surface area contributed by atoms with Crippen LogP contribution in [0.15, 0.2) is 0 Å². The van der Waals surface area contributed by atoms with E-state index in [0.717, 1.165) is 25.7 Å². The average Bonchev–Trinajstić information content (AvgIpc) is 2.08. The van der Waals surface area contributed by atoms with E-state index >= 15 is 0 Å². The van der Waals surface area contributed by atoms with Crippen LogP contribution in [0.5, 0.6) is 0 Å². The zero-order chi connectivity index (χ0) is 9.84. The Labute approximate surface area is 78.1 Å². The number of ether oxygens (including phenoxy) is 1. The van der Waals surface area contributed by atoms with E-state index < -0.39 is 12.1 Å². The Kier molecular flexibility index (Phi) is 3.69. The van der Waals surface area contributed by atoms with Crippen molar-refractivity contribution in [1.82, 2.24) is 0 Å². The molecular formula is C9H17NO3. The molecule has 76 valence electrons. The number of hydrogen-bond acceptors (Lipinski definition) is 3. The molecule has 1 rings (SSSR count). The van der Waals surface area contributed by atoms with E-state index in [-0.39, 0.29) is 12.1 Å². The summed E-state index contributed by atoms with van der Waals surface area (Å²) in [4.78, 5) is 10.5. The number of nitrogens with two attached hydrogens (primary N) is 1. The smallest absolute Gasteiger partial charge is 0.332 e. The molecule has 1 fully saturated rings. The zero-order valence-corrected chi connectivity index (χ0v) is 7.90. The van der Waals surface area contributed by atoms with Crippen LogP contribution >= 0.6 is 0 Å². The third-order valence-electron chi connectivity index (χ3n) is 2.48. The monoisotopic (exact) mass is 187 g/mol. The van der Waals surface area contributed by atoms with Gasteiger partial charge in [0.2, 0.25) is 0 Å². The van der Waals surface area contributed by atoms with Gasteiger partial charge < -0.3 is 15.6 Å². The first kappa shape index (κ1) is 10.5. The van der Waals surface area contributed by atoms with Crippen LogP contribution in [0.25, 0.3) is 0 Å². The number of hydrogen-bond donors (Lipinski definition) is 2. The van der Waals surface area contributed by atoms with E-state index in [2.05, 4.69) is 0 Å². The van der Waals surface area contributed by atoms with Crippen molar-refractivity contribution in [3.63, 3.8) is 0 Å². The molecule has 3 atom stereocenters. The summed E-state index contributed by atoms with van der Waals surface area (Å²) in [5.74, 6) is -0.919. The lowest BCUT2D eigenvalue weighted by atomic mass is 9.93. The summed E-state index contributed by atoms with van der Waals surface area (Å²) in [6.45, 7) is 1.55. The largest absolute Gasteiger partial charge is 0.479 e. The van der Waals surface area contributed by atoms with Crippen molar-refractivity contribution in [1.29, 1.82) is 0 Å². The Hall–Kier alpha value is -0.610. The van der Waals surface area contributed by atoms with Crippen LogP contribution in [0, 0.1) is 0 Å². The lowest BCUT2D eigenvalue weighted by Crippen LogP contribution is -2.42. The molecule has 0 radical (unpaired) electrons. The molecule has 0 spiro atoms. The lowest BCUT2D eigenvalue weighted by molar-refractivity contribution is -0.154. The molecule has 0 heterocycles. The van der Waals surface area contributed by atoms with E-state index in [9.17, 15) is 4.79 Å². The third kappa shape index (κ3) is 2.97. The van der Waals surface area contributed by atoms with Gasteiger partial charge in [-0.3, -0.25) is 0 Å². The number of carboxylic acids is 1. The van der Waals surface area contributed by atoms with Crippen LogP contribution in [-0.4, -0.2) is 29.3 Å². The van der Waals surface area contributed by atoms with Gasteiger partial charge in [-0.1, -0.05) is 12.8 Å². The van der Waals surface area contributed by atoms with Gasteiger partial charge in [0.15, 0.2) is 6.10 Å². The second kappa shape index (κ2) is 4.58. The minimum absolute atomic E-state index is 0.00977. The number of aliphatic carboxylic acids is 1. The van der Waals surface area contributed by atoms with Crippen LogP contribution in [-0.2, 0) is 9.53 Å². The molecule has 13 heavy (non-hydrogen) atoms. The fourth-order valence-corrected chi connectivity index (χ4v) is 1.61. The number of carbonyl (C=O) groups is 1. The molecule has 0 amide bonds. The van der Waals surface area contributed by atoms with Gasteiger partial charge in [0.25, 0.3) is 0 Å². The van der Waals surface area contributed by atoms with Crippen molar-refractivity contribution in [3.8, 4) is 0 Å². The van der Waals surface area contributed by atoms with Crippen molar-refractivity contribution >= 4 is 5.97 Å². The van der Waals surface area contributed by atoms with Crippen molar-refractivity contribution in [2.24, 2.45) is 5.73 Å². The van der Waals surface area contributed by atoms with Crippen LogP contribution in [0.2, 0.25) is 0 Å².